The largest absolute Gasteiger partial charge is 0.489 e. The van der Waals surface area contributed by atoms with Crippen molar-refractivity contribution in [1.29, 1.82) is 0 Å². The normalized spacial score (nSPS) is 17.2. The number of carbonyl (C=O) groups excluding carboxylic acids is 2. The molecule has 0 amide bonds. The predicted molar refractivity (Wildman–Crippen MR) is 96.7 cm³/mol. The zero-order valence-corrected chi connectivity index (χ0v) is 13.8. The molecular formula is C22H18O3. The summed E-state index contributed by atoms with van der Waals surface area (Å²) < 4.78 is 5.91. The van der Waals surface area contributed by atoms with E-state index in [1.165, 1.54) is 5.39 Å². The molecule has 1 fully saturated rings. The lowest BCUT2D eigenvalue weighted by atomic mass is 9.95. The second kappa shape index (κ2) is 6.52. The average Bonchev–Trinajstić information content (AvgIpc) is 2.98. The van der Waals surface area contributed by atoms with Crippen molar-refractivity contribution in [3.63, 3.8) is 0 Å². The van der Waals surface area contributed by atoms with Crippen molar-refractivity contribution < 1.29 is 14.3 Å². The van der Waals surface area contributed by atoms with Crippen molar-refractivity contribution in [3.8, 4) is 5.75 Å². The number of ketones is 2. The lowest BCUT2D eigenvalue weighted by Gasteiger charge is -2.11. The summed E-state index contributed by atoms with van der Waals surface area (Å²) in [6, 6.07) is 22.0. The molecule has 4 rings (SSSR count). The van der Waals surface area contributed by atoms with Gasteiger partial charge in [0.2, 0.25) is 0 Å². The summed E-state index contributed by atoms with van der Waals surface area (Å²) in [5.74, 6) is 0.592. The zero-order valence-electron chi connectivity index (χ0n) is 13.8. The summed E-state index contributed by atoms with van der Waals surface area (Å²) in [4.78, 5) is 23.4. The Labute approximate surface area is 146 Å². The van der Waals surface area contributed by atoms with Gasteiger partial charge in [0.15, 0.2) is 0 Å². The molecule has 1 saturated carbocycles. The van der Waals surface area contributed by atoms with Gasteiger partial charge in [0, 0.05) is 6.42 Å². The third-order valence-corrected chi connectivity index (χ3v) is 4.67. The molecule has 0 aromatic heterocycles. The van der Waals surface area contributed by atoms with Crippen molar-refractivity contribution in [3.05, 3.63) is 77.9 Å². The van der Waals surface area contributed by atoms with E-state index in [1.54, 1.807) is 0 Å². The number of carbonyl (C=O) groups is 2. The Morgan fingerprint density at radius 1 is 0.880 bits per heavy atom. The van der Waals surface area contributed by atoms with Crippen LogP contribution in [0.5, 0.6) is 5.75 Å². The van der Waals surface area contributed by atoms with Gasteiger partial charge in [-0.25, -0.2) is 0 Å². The van der Waals surface area contributed by atoms with E-state index >= 15 is 0 Å². The molecule has 0 bridgehead atoms. The Kier molecular flexibility index (Phi) is 4.06. The first-order valence-corrected chi connectivity index (χ1v) is 8.44. The lowest BCUT2D eigenvalue weighted by molar-refractivity contribution is -0.121. The molecule has 3 aromatic carbocycles. The Hall–Kier alpha value is -2.94. The molecule has 25 heavy (non-hydrogen) atoms. The van der Waals surface area contributed by atoms with Gasteiger partial charge in [-0.1, -0.05) is 54.6 Å². The molecule has 1 aliphatic rings. The van der Waals surface area contributed by atoms with Crippen LogP contribution in [0.3, 0.4) is 0 Å². The van der Waals surface area contributed by atoms with Crippen LogP contribution in [0, 0.1) is 0 Å². The van der Waals surface area contributed by atoms with E-state index in [-0.39, 0.29) is 23.9 Å². The van der Waals surface area contributed by atoms with E-state index in [1.807, 2.05) is 54.6 Å². The lowest BCUT2D eigenvalue weighted by Crippen LogP contribution is -2.05. The molecular weight excluding hydrogens is 312 g/mol. The van der Waals surface area contributed by atoms with Crippen LogP contribution in [0.4, 0.5) is 0 Å². The topological polar surface area (TPSA) is 43.4 Å². The summed E-state index contributed by atoms with van der Waals surface area (Å²) in [6.45, 7) is 0.432. The SMILES string of the molecule is O=C1CC(=O)C(c2cccc(COc3ccc4ccccc4c3)c2)C1. The van der Waals surface area contributed by atoms with E-state index < -0.39 is 0 Å². The highest BCUT2D eigenvalue weighted by molar-refractivity contribution is 6.09. The first kappa shape index (κ1) is 15.6. The molecule has 3 nitrogen and oxygen atoms in total. The van der Waals surface area contributed by atoms with E-state index in [4.69, 9.17) is 4.74 Å². The van der Waals surface area contributed by atoms with E-state index in [9.17, 15) is 9.59 Å². The average molecular weight is 330 g/mol. The summed E-state index contributed by atoms with van der Waals surface area (Å²) >= 11 is 0. The number of hydrogen-bond acceptors (Lipinski definition) is 3. The van der Waals surface area contributed by atoms with Crippen LogP contribution in [0.25, 0.3) is 10.8 Å². The van der Waals surface area contributed by atoms with Gasteiger partial charge >= 0.3 is 0 Å². The molecule has 0 saturated heterocycles. The van der Waals surface area contributed by atoms with Crippen LogP contribution in [0.15, 0.2) is 66.7 Å². The molecule has 0 radical (unpaired) electrons. The Morgan fingerprint density at radius 2 is 1.72 bits per heavy atom. The van der Waals surface area contributed by atoms with Crippen molar-refractivity contribution in [2.75, 3.05) is 0 Å². The van der Waals surface area contributed by atoms with Crippen LogP contribution in [-0.2, 0) is 16.2 Å². The minimum Gasteiger partial charge on any atom is -0.489 e. The second-order valence-corrected chi connectivity index (χ2v) is 6.48. The zero-order chi connectivity index (χ0) is 17.2. The van der Waals surface area contributed by atoms with Gasteiger partial charge in [0.05, 0.1) is 12.3 Å². The number of benzene rings is 3. The summed E-state index contributed by atoms with van der Waals surface area (Å²) in [7, 11) is 0. The van der Waals surface area contributed by atoms with Gasteiger partial charge in [-0.3, -0.25) is 9.59 Å². The van der Waals surface area contributed by atoms with Gasteiger partial charge in [-0.05, 0) is 34.0 Å². The second-order valence-electron chi connectivity index (χ2n) is 6.48. The molecule has 1 aliphatic carbocycles. The van der Waals surface area contributed by atoms with Crippen molar-refractivity contribution in [1.82, 2.24) is 0 Å². The van der Waals surface area contributed by atoms with Crippen molar-refractivity contribution in [2.24, 2.45) is 0 Å². The van der Waals surface area contributed by atoms with E-state index in [0.29, 0.717) is 13.0 Å². The fourth-order valence-corrected chi connectivity index (χ4v) is 3.36. The number of rotatable bonds is 4. The molecule has 0 N–H and O–H groups in total. The monoisotopic (exact) mass is 330 g/mol. The van der Waals surface area contributed by atoms with Gasteiger partial charge in [0.25, 0.3) is 0 Å². The summed E-state index contributed by atoms with van der Waals surface area (Å²) in [5, 5.41) is 2.32. The third kappa shape index (κ3) is 3.31. The standard InChI is InChI=1S/C22H18O3/c23-19-12-21(22(24)13-19)18-7-3-4-15(10-18)14-25-20-9-8-16-5-1-2-6-17(16)11-20/h1-11,21H,12-14H2. The highest BCUT2D eigenvalue weighted by Crippen LogP contribution is 2.30. The summed E-state index contributed by atoms with van der Waals surface area (Å²) in [5.41, 5.74) is 1.91. The predicted octanol–water partition coefficient (Wildman–Crippen LogP) is 4.43. The maximum atomic E-state index is 11.9. The van der Waals surface area contributed by atoms with Crippen molar-refractivity contribution in [2.45, 2.75) is 25.4 Å². The minimum atomic E-state index is -0.284. The number of fused-ring (bicyclic) bond motifs is 1. The molecule has 0 aliphatic heterocycles. The Morgan fingerprint density at radius 3 is 2.52 bits per heavy atom. The first-order chi connectivity index (χ1) is 12.2. The highest BCUT2D eigenvalue weighted by atomic mass is 16.5. The Balaban J connectivity index is 1.50. The third-order valence-electron chi connectivity index (χ3n) is 4.67. The maximum Gasteiger partial charge on any atom is 0.148 e. The molecule has 1 unspecified atom stereocenters. The quantitative estimate of drug-likeness (QED) is 0.665. The highest BCUT2D eigenvalue weighted by Gasteiger charge is 2.31. The molecule has 0 spiro atoms. The van der Waals surface area contributed by atoms with Crippen LogP contribution in [0.1, 0.15) is 29.9 Å². The first-order valence-electron chi connectivity index (χ1n) is 8.44. The number of hydrogen-bond donors (Lipinski definition) is 0. The Bertz CT molecular complexity index is 958. The van der Waals surface area contributed by atoms with Crippen LogP contribution in [-0.4, -0.2) is 11.6 Å². The smallest absolute Gasteiger partial charge is 0.148 e. The fraction of sp³-hybridized carbons (Fsp3) is 0.182. The molecule has 1 atom stereocenters. The number of ether oxygens (including phenoxy) is 1. The minimum absolute atomic E-state index is 0.0256. The van der Waals surface area contributed by atoms with Gasteiger partial charge in [-0.2, -0.15) is 0 Å². The maximum absolute atomic E-state index is 11.9. The summed E-state index contributed by atoms with van der Waals surface area (Å²) in [6.07, 6.45) is 0.399. The van der Waals surface area contributed by atoms with Crippen LogP contribution >= 0.6 is 0 Å². The van der Waals surface area contributed by atoms with Gasteiger partial charge in [-0.15, -0.1) is 0 Å². The fourth-order valence-electron chi connectivity index (χ4n) is 3.36. The van der Waals surface area contributed by atoms with Crippen LogP contribution < -0.4 is 4.74 Å². The van der Waals surface area contributed by atoms with Crippen LogP contribution in [0.2, 0.25) is 0 Å². The van der Waals surface area contributed by atoms with E-state index in [2.05, 4.69) is 12.1 Å². The van der Waals surface area contributed by atoms with Gasteiger partial charge in [0.1, 0.15) is 23.9 Å². The van der Waals surface area contributed by atoms with Crippen molar-refractivity contribution >= 4 is 22.3 Å². The van der Waals surface area contributed by atoms with Gasteiger partial charge < -0.3 is 4.74 Å². The molecule has 3 heteroatoms. The molecule has 0 heterocycles. The molecule has 3 aromatic rings. The van der Waals surface area contributed by atoms with E-state index in [0.717, 1.165) is 22.3 Å². The molecule has 124 valence electrons. The number of Topliss-reactive ketones (excluding diaryl/α,β-unsaturated/α-hetero) is 2.